The minimum atomic E-state index is -0.878. The molecule has 2 unspecified atom stereocenters. The van der Waals surface area contributed by atoms with Crippen LogP contribution in [0.25, 0.3) is 0 Å². The number of carbonyl (C=O) groups excluding carboxylic acids is 2. The number of carboxylic acids is 1. The zero-order chi connectivity index (χ0) is 36.4. The highest BCUT2D eigenvalue weighted by molar-refractivity contribution is 5.72. The van der Waals surface area contributed by atoms with Crippen LogP contribution in [-0.2, 0) is 28.6 Å². The fourth-order valence-corrected chi connectivity index (χ4v) is 5.71. The van der Waals surface area contributed by atoms with Crippen LogP contribution in [0.4, 0.5) is 0 Å². The molecule has 0 saturated heterocycles. The van der Waals surface area contributed by atoms with Crippen LogP contribution in [-0.4, -0.2) is 80.6 Å². The van der Waals surface area contributed by atoms with Gasteiger partial charge in [0.1, 0.15) is 6.61 Å². The Morgan fingerprint density at radius 3 is 1.59 bits per heavy atom. The van der Waals surface area contributed by atoms with Gasteiger partial charge >= 0.3 is 17.9 Å². The Hall–Kier alpha value is -2.19. The van der Waals surface area contributed by atoms with E-state index in [0.717, 1.165) is 51.4 Å². The van der Waals surface area contributed by atoms with Crippen molar-refractivity contribution in [2.45, 2.75) is 180 Å². The lowest BCUT2D eigenvalue weighted by molar-refractivity contribution is -0.887. The molecule has 0 aromatic carbocycles. The van der Waals surface area contributed by atoms with Gasteiger partial charge < -0.3 is 23.8 Å². The first-order chi connectivity index (χ1) is 23.6. The van der Waals surface area contributed by atoms with Crippen molar-refractivity contribution >= 4 is 17.9 Å². The summed E-state index contributed by atoms with van der Waals surface area (Å²) >= 11 is 0. The van der Waals surface area contributed by atoms with E-state index in [4.69, 9.17) is 14.2 Å². The molecule has 0 aliphatic carbocycles. The molecule has 0 aliphatic heterocycles. The topological polar surface area (TPSA) is 99.1 Å². The predicted molar refractivity (Wildman–Crippen MR) is 202 cm³/mol. The minimum Gasteiger partial charge on any atom is -0.477 e. The Bertz CT molecular complexity index is 864. The van der Waals surface area contributed by atoms with Gasteiger partial charge in [-0.1, -0.05) is 141 Å². The van der Waals surface area contributed by atoms with Crippen molar-refractivity contribution in [1.29, 1.82) is 0 Å². The first kappa shape index (κ1) is 46.8. The van der Waals surface area contributed by atoms with E-state index in [1.165, 1.54) is 83.5 Å². The second-order valence-corrected chi connectivity index (χ2v) is 14.6. The van der Waals surface area contributed by atoms with Gasteiger partial charge in [0.2, 0.25) is 0 Å². The quantitative estimate of drug-likeness (QED) is 0.0305. The molecule has 1 N–H and O–H groups in total. The third-order valence-corrected chi connectivity index (χ3v) is 8.88. The first-order valence-electron chi connectivity index (χ1n) is 19.9. The van der Waals surface area contributed by atoms with Crippen LogP contribution in [0.1, 0.15) is 168 Å². The van der Waals surface area contributed by atoms with E-state index in [0.29, 0.717) is 19.3 Å². The molecule has 2 atom stereocenters. The fourth-order valence-electron chi connectivity index (χ4n) is 5.71. The van der Waals surface area contributed by atoms with Crippen molar-refractivity contribution in [2.24, 2.45) is 0 Å². The fraction of sp³-hybridized carbons (Fsp3) is 0.829. The molecule has 0 bridgehead atoms. The van der Waals surface area contributed by atoms with Gasteiger partial charge in [0, 0.05) is 19.3 Å². The van der Waals surface area contributed by atoms with Gasteiger partial charge in [0.05, 0.1) is 34.4 Å². The van der Waals surface area contributed by atoms with Gasteiger partial charge in [-0.15, -0.1) is 0 Å². The molecule has 49 heavy (non-hydrogen) atoms. The largest absolute Gasteiger partial charge is 0.477 e. The molecule has 8 heteroatoms. The van der Waals surface area contributed by atoms with Crippen LogP contribution >= 0.6 is 0 Å². The lowest BCUT2D eigenvalue weighted by Crippen LogP contribution is -2.50. The number of hydrogen-bond donors (Lipinski definition) is 1. The van der Waals surface area contributed by atoms with Crippen LogP contribution in [0.3, 0.4) is 0 Å². The van der Waals surface area contributed by atoms with E-state index >= 15 is 0 Å². The molecular formula is C41H76NO7+. The summed E-state index contributed by atoms with van der Waals surface area (Å²) < 4.78 is 17.2. The van der Waals surface area contributed by atoms with Gasteiger partial charge in [0.15, 0.2) is 12.1 Å². The van der Waals surface area contributed by atoms with Crippen molar-refractivity contribution in [1.82, 2.24) is 0 Å². The standard InChI is InChI=1S/C41H75NO7/c1-6-8-10-12-14-16-18-19-20-22-24-26-28-30-32-40(44)49-37(35-47-34-33-38(41(45)46)42(3,4)5)36-48-39(43)31-29-27-25-23-21-17-15-13-11-9-7-2/h13,15,17,21,37-38H,6-12,14,16,18-20,22-36H2,1-5H3/p+1/b15-13+,21-17+. The normalized spacial score (nSPS) is 13.2. The lowest BCUT2D eigenvalue weighted by atomic mass is 10.0. The number of ether oxygens (including phenoxy) is 3. The number of nitrogens with zero attached hydrogens (tertiary/aromatic N) is 1. The smallest absolute Gasteiger partial charge is 0.362 e. The SMILES string of the molecule is CCCC/C=C/C=C/CCCCCC(=O)OCC(COCCC(C(=O)O)[N+](C)(C)C)OC(=O)CCCCCCCCCCCCCCCC. The van der Waals surface area contributed by atoms with E-state index in [2.05, 4.69) is 38.2 Å². The number of likely N-dealkylation sites (N-methyl/N-ethyl adjacent to an activating group) is 1. The summed E-state index contributed by atoms with van der Waals surface area (Å²) in [4.78, 5) is 36.8. The van der Waals surface area contributed by atoms with Crippen LogP contribution in [0, 0.1) is 0 Å². The summed E-state index contributed by atoms with van der Waals surface area (Å²) in [7, 11) is 5.51. The van der Waals surface area contributed by atoms with E-state index in [9.17, 15) is 19.5 Å². The highest BCUT2D eigenvalue weighted by Crippen LogP contribution is 2.14. The number of esters is 2. The molecule has 0 heterocycles. The maximum absolute atomic E-state index is 12.7. The average Bonchev–Trinajstić information content (AvgIpc) is 3.05. The summed E-state index contributed by atoms with van der Waals surface area (Å²) in [6.07, 6.45) is 33.6. The molecule has 0 rings (SSSR count). The molecule has 286 valence electrons. The van der Waals surface area contributed by atoms with Gasteiger partial charge in [-0.3, -0.25) is 9.59 Å². The molecule has 0 aromatic rings. The van der Waals surface area contributed by atoms with Crippen molar-refractivity contribution in [3.05, 3.63) is 24.3 Å². The zero-order valence-corrected chi connectivity index (χ0v) is 32.4. The van der Waals surface area contributed by atoms with Crippen LogP contribution in [0.5, 0.6) is 0 Å². The number of quaternary nitrogens is 1. The van der Waals surface area contributed by atoms with Crippen molar-refractivity contribution < 1.29 is 38.2 Å². The summed E-state index contributed by atoms with van der Waals surface area (Å²) in [6, 6.07) is -0.614. The number of unbranched alkanes of at least 4 members (excludes halogenated alkanes) is 18. The number of carboxylic acid groups (broad SMARTS) is 1. The number of hydrogen-bond acceptors (Lipinski definition) is 6. The Morgan fingerprint density at radius 1 is 0.612 bits per heavy atom. The van der Waals surface area contributed by atoms with Gasteiger partial charge in [-0.05, 0) is 32.1 Å². The van der Waals surface area contributed by atoms with Crippen molar-refractivity contribution in [3.8, 4) is 0 Å². The minimum absolute atomic E-state index is 0.0560. The Balaban J connectivity index is 4.42. The highest BCUT2D eigenvalue weighted by Gasteiger charge is 2.31. The molecule has 0 amide bonds. The van der Waals surface area contributed by atoms with Gasteiger partial charge in [-0.2, -0.15) is 0 Å². The van der Waals surface area contributed by atoms with E-state index in [1.54, 1.807) is 0 Å². The average molecular weight is 695 g/mol. The van der Waals surface area contributed by atoms with E-state index < -0.39 is 18.1 Å². The number of carbonyl (C=O) groups is 3. The highest BCUT2D eigenvalue weighted by atomic mass is 16.6. The third kappa shape index (κ3) is 31.5. The summed E-state index contributed by atoms with van der Waals surface area (Å²) in [5.74, 6) is -1.50. The van der Waals surface area contributed by atoms with Gasteiger partial charge in [-0.25, -0.2) is 4.79 Å². The zero-order valence-electron chi connectivity index (χ0n) is 32.4. The summed E-state index contributed by atoms with van der Waals surface area (Å²) in [6.45, 7) is 4.65. The Labute approximate surface area is 301 Å². The second-order valence-electron chi connectivity index (χ2n) is 14.6. The summed E-state index contributed by atoms with van der Waals surface area (Å²) in [5.41, 5.74) is 0. The molecule has 0 saturated carbocycles. The molecule has 0 aliphatic rings. The molecule has 8 nitrogen and oxygen atoms in total. The van der Waals surface area contributed by atoms with Crippen LogP contribution in [0.15, 0.2) is 24.3 Å². The number of rotatable bonds is 35. The Morgan fingerprint density at radius 2 is 1.08 bits per heavy atom. The number of aliphatic carboxylic acids is 1. The first-order valence-corrected chi connectivity index (χ1v) is 19.9. The monoisotopic (exact) mass is 695 g/mol. The van der Waals surface area contributed by atoms with Crippen molar-refractivity contribution in [2.75, 3.05) is 41.0 Å². The number of allylic oxidation sites excluding steroid dienone is 4. The summed E-state index contributed by atoms with van der Waals surface area (Å²) in [5, 5.41) is 9.58. The third-order valence-electron chi connectivity index (χ3n) is 8.88. The second kappa shape index (κ2) is 33.0. The maximum atomic E-state index is 12.7. The van der Waals surface area contributed by atoms with E-state index in [-0.39, 0.29) is 36.2 Å². The van der Waals surface area contributed by atoms with Crippen LogP contribution in [0.2, 0.25) is 0 Å². The molecule has 0 spiro atoms. The van der Waals surface area contributed by atoms with E-state index in [1.807, 2.05) is 21.1 Å². The molecule has 0 aromatic heterocycles. The van der Waals surface area contributed by atoms with Crippen molar-refractivity contribution in [3.63, 3.8) is 0 Å². The molecule has 0 radical (unpaired) electrons. The molecule has 0 fully saturated rings. The molecular weight excluding hydrogens is 618 g/mol. The van der Waals surface area contributed by atoms with Gasteiger partial charge in [0.25, 0.3) is 0 Å². The van der Waals surface area contributed by atoms with Crippen LogP contribution < -0.4 is 0 Å². The maximum Gasteiger partial charge on any atom is 0.362 e. The predicted octanol–water partition coefficient (Wildman–Crippen LogP) is 10.1. The lowest BCUT2D eigenvalue weighted by Gasteiger charge is -2.31. The Kier molecular flexibility index (Phi) is 31.5.